The number of esters is 4. The number of unbranched alkanes of at least 4 members (excludes halogenated alkanes) is 53. The lowest BCUT2D eigenvalue weighted by molar-refractivity contribution is -0.161. The molecule has 0 aliphatic carbocycles. The molecule has 0 saturated carbocycles. The zero-order chi connectivity index (χ0) is 73.4. The van der Waals surface area contributed by atoms with Gasteiger partial charge in [0.2, 0.25) is 0 Å². The Morgan fingerprint density at radius 3 is 0.680 bits per heavy atom. The molecule has 5 atom stereocenters. The zero-order valence-corrected chi connectivity index (χ0v) is 67.1. The summed E-state index contributed by atoms with van der Waals surface area (Å²) in [5.41, 5.74) is 0. The van der Waals surface area contributed by atoms with Crippen LogP contribution in [0.3, 0.4) is 0 Å². The number of ether oxygens (including phenoxy) is 4. The van der Waals surface area contributed by atoms with E-state index in [2.05, 4.69) is 34.6 Å². The van der Waals surface area contributed by atoms with Gasteiger partial charge in [-0.3, -0.25) is 37.3 Å². The molecule has 17 nitrogen and oxygen atoms in total. The summed E-state index contributed by atoms with van der Waals surface area (Å²) in [4.78, 5) is 72.9. The summed E-state index contributed by atoms with van der Waals surface area (Å²) < 4.78 is 68.6. The molecular formula is C81H158O17P2. The summed E-state index contributed by atoms with van der Waals surface area (Å²) in [6.07, 6.45) is 65.4. The Bertz CT molecular complexity index is 1910. The standard InChI is InChI=1S/C81H158O17P2/c1-6-9-12-15-18-20-22-24-26-27-28-29-30-31-34-39-43-47-52-57-62-67-81(86)98-77(71-92-79(84)65-60-55-50-45-41-38-35-32-33-36-40-44-49-53-58-63-74(4)5)73-96-100(89,90)94-69-75(82)68-93-99(87,88)95-72-76(70-91-78(83)64-59-54-48-17-14-11-8-3)97-80(85)66-61-56-51-46-42-37-25-23-21-19-16-13-10-7-2/h74-77,82H,6-73H2,1-5H3,(H,87,88)(H,89,90)/t75-,76+,77+/m0/s1. The highest BCUT2D eigenvalue weighted by molar-refractivity contribution is 7.47. The van der Waals surface area contributed by atoms with E-state index in [0.29, 0.717) is 25.7 Å². The summed E-state index contributed by atoms with van der Waals surface area (Å²) >= 11 is 0. The lowest BCUT2D eigenvalue weighted by Crippen LogP contribution is -2.30. The van der Waals surface area contributed by atoms with Gasteiger partial charge in [-0.2, -0.15) is 0 Å². The maximum absolute atomic E-state index is 13.1. The average molecular weight is 1470 g/mol. The molecule has 594 valence electrons. The summed E-state index contributed by atoms with van der Waals surface area (Å²) in [5.74, 6) is -1.30. The third-order valence-corrected chi connectivity index (χ3v) is 20.9. The Kier molecular flexibility index (Phi) is 72.5. The number of rotatable bonds is 81. The van der Waals surface area contributed by atoms with Crippen molar-refractivity contribution in [1.82, 2.24) is 0 Å². The highest BCUT2D eigenvalue weighted by atomic mass is 31.2. The van der Waals surface area contributed by atoms with Crippen molar-refractivity contribution < 1.29 is 80.2 Å². The smallest absolute Gasteiger partial charge is 0.462 e. The van der Waals surface area contributed by atoms with Gasteiger partial charge < -0.3 is 33.8 Å². The first-order valence-corrected chi connectivity index (χ1v) is 45.1. The molecule has 0 fully saturated rings. The highest BCUT2D eigenvalue weighted by Crippen LogP contribution is 2.45. The minimum Gasteiger partial charge on any atom is -0.462 e. The van der Waals surface area contributed by atoms with Crippen molar-refractivity contribution in [3.8, 4) is 0 Å². The molecule has 0 aliphatic heterocycles. The van der Waals surface area contributed by atoms with Crippen LogP contribution in [0.2, 0.25) is 0 Å². The maximum Gasteiger partial charge on any atom is 0.472 e. The Balaban J connectivity index is 5.17. The van der Waals surface area contributed by atoms with E-state index in [1.54, 1.807) is 0 Å². The van der Waals surface area contributed by atoms with Gasteiger partial charge in [0.1, 0.15) is 19.3 Å². The van der Waals surface area contributed by atoms with Crippen LogP contribution in [0.1, 0.15) is 433 Å². The topological polar surface area (TPSA) is 237 Å². The SMILES string of the molecule is CCCCCCCCCCCCCCCCCCCCCCCC(=O)O[C@H](COC(=O)CCCCCCCCCCCCCCCCCC(C)C)COP(=O)(O)OC[C@@H](O)COP(=O)(O)OC[C@@H](COC(=O)CCCCCCCCC)OC(=O)CCCCCCCCCCCCCCCC. The van der Waals surface area contributed by atoms with Crippen LogP contribution in [-0.4, -0.2) is 96.7 Å². The number of carbonyl (C=O) groups excluding carboxylic acids is 4. The van der Waals surface area contributed by atoms with Crippen molar-refractivity contribution in [3.05, 3.63) is 0 Å². The van der Waals surface area contributed by atoms with E-state index in [4.69, 9.17) is 37.0 Å². The molecule has 0 amide bonds. The number of hydrogen-bond acceptors (Lipinski definition) is 15. The first-order chi connectivity index (χ1) is 48.5. The van der Waals surface area contributed by atoms with E-state index in [-0.39, 0.29) is 25.7 Å². The van der Waals surface area contributed by atoms with Gasteiger partial charge in [-0.05, 0) is 31.6 Å². The third kappa shape index (κ3) is 74.3. The Hall–Kier alpha value is -1.94. The second kappa shape index (κ2) is 73.9. The number of phosphoric acid groups is 2. The van der Waals surface area contributed by atoms with E-state index in [9.17, 15) is 43.2 Å². The zero-order valence-electron chi connectivity index (χ0n) is 65.3. The average Bonchev–Trinajstić information content (AvgIpc) is 0.939. The first-order valence-electron chi connectivity index (χ1n) is 42.1. The van der Waals surface area contributed by atoms with E-state index in [1.165, 1.54) is 244 Å². The number of aliphatic hydroxyl groups is 1. The molecule has 0 bridgehead atoms. The normalized spacial score (nSPS) is 13.8. The first kappa shape index (κ1) is 98.1. The monoisotopic (exact) mass is 1470 g/mol. The van der Waals surface area contributed by atoms with E-state index in [0.717, 1.165) is 109 Å². The third-order valence-electron chi connectivity index (χ3n) is 19.0. The quantitative estimate of drug-likeness (QED) is 0.0222. The van der Waals surface area contributed by atoms with Gasteiger partial charge in [0, 0.05) is 25.7 Å². The van der Waals surface area contributed by atoms with Crippen LogP contribution >= 0.6 is 15.6 Å². The fourth-order valence-corrected chi connectivity index (χ4v) is 14.2. The van der Waals surface area contributed by atoms with Gasteiger partial charge in [-0.15, -0.1) is 0 Å². The van der Waals surface area contributed by atoms with Crippen LogP contribution in [0.25, 0.3) is 0 Å². The van der Waals surface area contributed by atoms with Crippen molar-refractivity contribution in [2.75, 3.05) is 39.6 Å². The molecule has 0 aromatic carbocycles. The van der Waals surface area contributed by atoms with Crippen molar-refractivity contribution in [2.45, 2.75) is 451 Å². The Labute approximate surface area is 613 Å². The van der Waals surface area contributed by atoms with Crippen LogP contribution in [0.4, 0.5) is 0 Å². The van der Waals surface area contributed by atoms with E-state index < -0.39 is 97.5 Å². The van der Waals surface area contributed by atoms with Gasteiger partial charge in [-0.25, -0.2) is 9.13 Å². The highest BCUT2D eigenvalue weighted by Gasteiger charge is 2.30. The van der Waals surface area contributed by atoms with Gasteiger partial charge in [0.05, 0.1) is 26.4 Å². The molecule has 0 rings (SSSR count). The molecule has 0 radical (unpaired) electrons. The van der Waals surface area contributed by atoms with Crippen molar-refractivity contribution >= 4 is 39.5 Å². The van der Waals surface area contributed by atoms with Gasteiger partial charge in [0.25, 0.3) is 0 Å². The van der Waals surface area contributed by atoms with Crippen molar-refractivity contribution in [2.24, 2.45) is 5.92 Å². The molecule has 2 unspecified atom stereocenters. The molecule has 0 aliphatic rings. The summed E-state index contributed by atoms with van der Waals surface area (Å²) in [6, 6.07) is 0. The van der Waals surface area contributed by atoms with Crippen LogP contribution < -0.4 is 0 Å². The van der Waals surface area contributed by atoms with Crippen LogP contribution in [-0.2, 0) is 65.4 Å². The summed E-state index contributed by atoms with van der Waals surface area (Å²) in [6.45, 7) is 7.32. The molecule has 0 saturated heterocycles. The maximum atomic E-state index is 13.1. The van der Waals surface area contributed by atoms with Crippen molar-refractivity contribution in [3.63, 3.8) is 0 Å². The van der Waals surface area contributed by atoms with Crippen molar-refractivity contribution in [1.29, 1.82) is 0 Å². The summed E-state index contributed by atoms with van der Waals surface area (Å²) in [5, 5.41) is 10.6. The second-order valence-electron chi connectivity index (χ2n) is 29.6. The lowest BCUT2D eigenvalue weighted by Gasteiger charge is -2.21. The molecular weight excluding hydrogens is 1310 g/mol. The van der Waals surface area contributed by atoms with Crippen LogP contribution in [0, 0.1) is 5.92 Å². The number of hydrogen-bond donors (Lipinski definition) is 3. The van der Waals surface area contributed by atoms with Gasteiger partial charge >= 0.3 is 39.5 Å². The minimum atomic E-state index is -4.96. The second-order valence-corrected chi connectivity index (χ2v) is 32.5. The number of carbonyl (C=O) groups is 4. The van der Waals surface area contributed by atoms with Crippen LogP contribution in [0.5, 0.6) is 0 Å². The largest absolute Gasteiger partial charge is 0.472 e. The number of phosphoric ester groups is 2. The molecule has 100 heavy (non-hydrogen) atoms. The molecule has 0 spiro atoms. The lowest BCUT2D eigenvalue weighted by atomic mass is 10.0. The van der Waals surface area contributed by atoms with E-state index in [1.807, 2.05) is 0 Å². The fourth-order valence-electron chi connectivity index (χ4n) is 12.6. The van der Waals surface area contributed by atoms with E-state index >= 15 is 0 Å². The summed E-state index contributed by atoms with van der Waals surface area (Å²) in [7, 11) is -9.91. The van der Waals surface area contributed by atoms with Gasteiger partial charge in [-0.1, -0.05) is 381 Å². The van der Waals surface area contributed by atoms with Gasteiger partial charge in [0.15, 0.2) is 12.2 Å². The molecule has 19 heteroatoms. The minimum absolute atomic E-state index is 0.108. The predicted octanol–water partition coefficient (Wildman–Crippen LogP) is 24.4. The molecule has 0 aromatic heterocycles. The van der Waals surface area contributed by atoms with Crippen LogP contribution in [0.15, 0.2) is 0 Å². The molecule has 0 heterocycles. The Morgan fingerprint density at radius 1 is 0.270 bits per heavy atom. The molecule has 0 aromatic rings. The predicted molar refractivity (Wildman–Crippen MR) is 409 cm³/mol. The fraction of sp³-hybridized carbons (Fsp3) is 0.951. The number of aliphatic hydroxyl groups excluding tert-OH is 1. The Morgan fingerprint density at radius 2 is 0.460 bits per heavy atom. The molecule has 3 N–H and O–H groups in total.